The number of halogens is 2. The third-order valence-electron chi connectivity index (χ3n) is 1.59. The lowest BCUT2D eigenvalue weighted by atomic mass is 10.4. The quantitative estimate of drug-likeness (QED) is 0.839. The number of carbonyl (C=O) groups is 1. The van der Waals surface area contributed by atoms with Gasteiger partial charge < -0.3 is 5.11 Å². The first kappa shape index (κ1) is 9.07. The first-order chi connectivity index (χ1) is 6.59. The molecule has 0 saturated carbocycles. The summed E-state index contributed by atoms with van der Waals surface area (Å²) >= 11 is 3.03. The van der Waals surface area contributed by atoms with E-state index in [4.69, 9.17) is 5.11 Å². The Morgan fingerprint density at radius 1 is 1.64 bits per heavy atom. The third-order valence-corrected chi connectivity index (χ3v) is 2.32. The molecule has 0 fully saturated rings. The van der Waals surface area contributed by atoms with Crippen LogP contribution in [0.3, 0.4) is 0 Å². The van der Waals surface area contributed by atoms with Gasteiger partial charge in [-0.1, -0.05) is 0 Å². The van der Waals surface area contributed by atoms with Crippen LogP contribution in [0.25, 0.3) is 5.65 Å². The molecular weight excluding hydrogens is 257 g/mol. The molecule has 2 rings (SSSR count). The molecule has 0 unspecified atom stereocenters. The van der Waals surface area contributed by atoms with Gasteiger partial charge in [-0.3, -0.25) is 0 Å². The highest BCUT2D eigenvalue weighted by molar-refractivity contribution is 9.10. The van der Waals surface area contributed by atoms with Gasteiger partial charge in [0.25, 0.3) is 0 Å². The molecule has 0 aromatic carbocycles. The molecule has 0 aliphatic heterocycles. The fourth-order valence-electron chi connectivity index (χ4n) is 1.02. The molecule has 0 aliphatic rings. The second-order valence-corrected chi connectivity index (χ2v) is 3.30. The molecule has 2 aromatic rings. The van der Waals surface area contributed by atoms with E-state index < -0.39 is 11.8 Å². The van der Waals surface area contributed by atoms with E-state index in [2.05, 4.69) is 26.0 Å². The smallest absolute Gasteiger partial charge is 0.357 e. The van der Waals surface area contributed by atoms with Crippen LogP contribution in [-0.2, 0) is 0 Å². The number of aromatic nitrogens is 3. The molecular formula is C7H3BrFN3O2. The summed E-state index contributed by atoms with van der Waals surface area (Å²) in [6.45, 7) is 0. The Hall–Kier alpha value is -1.50. The van der Waals surface area contributed by atoms with E-state index in [9.17, 15) is 9.18 Å². The van der Waals surface area contributed by atoms with Crippen LogP contribution in [0.2, 0.25) is 0 Å². The normalized spacial score (nSPS) is 10.7. The second-order valence-electron chi connectivity index (χ2n) is 2.51. The molecule has 1 N–H and O–H groups in total. The molecule has 5 nitrogen and oxygen atoms in total. The summed E-state index contributed by atoms with van der Waals surface area (Å²) < 4.78 is 14.0. The number of nitrogens with zero attached hydrogens (tertiary/aromatic N) is 3. The number of hydrogen-bond acceptors (Lipinski definition) is 3. The summed E-state index contributed by atoms with van der Waals surface area (Å²) in [5, 5.41) is 12.3. The lowest BCUT2D eigenvalue weighted by molar-refractivity contribution is 0.0689. The van der Waals surface area contributed by atoms with E-state index in [0.29, 0.717) is 0 Å². The number of aromatic carboxylic acids is 1. The third kappa shape index (κ3) is 1.25. The number of carboxylic acid groups (broad SMARTS) is 1. The summed E-state index contributed by atoms with van der Waals surface area (Å²) in [4.78, 5) is 14.3. The van der Waals surface area contributed by atoms with Gasteiger partial charge in [-0.15, -0.1) is 0 Å². The lowest BCUT2D eigenvalue weighted by Gasteiger charge is -1.90. The number of carboxylic acids is 1. The highest BCUT2D eigenvalue weighted by Gasteiger charge is 2.17. The number of hydrogen-bond donors (Lipinski definition) is 1. The Morgan fingerprint density at radius 3 is 3.00 bits per heavy atom. The number of rotatable bonds is 1. The van der Waals surface area contributed by atoms with Crippen molar-refractivity contribution in [2.24, 2.45) is 0 Å². The highest BCUT2D eigenvalue weighted by Crippen LogP contribution is 2.20. The van der Waals surface area contributed by atoms with Gasteiger partial charge in [0.15, 0.2) is 17.2 Å². The first-order valence-corrected chi connectivity index (χ1v) is 4.31. The van der Waals surface area contributed by atoms with Gasteiger partial charge in [0, 0.05) is 0 Å². The fourth-order valence-corrected chi connectivity index (χ4v) is 1.55. The average Bonchev–Trinajstić information content (AvgIpc) is 2.43. The SMILES string of the molecule is O=C(O)c1nn2cc(F)cnc2c1Br. The van der Waals surface area contributed by atoms with Crippen molar-refractivity contribution in [1.82, 2.24) is 14.6 Å². The lowest BCUT2D eigenvalue weighted by Crippen LogP contribution is -1.98. The fraction of sp³-hybridized carbons (Fsp3) is 0. The predicted molar refractivity (Wildman–Crippen MR) is 47.6 cm³/mol. The van der Waals surface area contributed by atoms with Crippen LogP contribution >= 0.6 is 15.9 Å². The number of fused-ring (bicyclic) bond motifs is 1. The zero-order valence-corrected chi connectivity index (χ0v) is 8.19. The minimum atomic E-state index is -1.19. The Balaban J connectivity index is 2.79. The van der Waals surface area contributed by atoms with E-state index in [-0.39, 0.29) is 15.8 Å². The summed E-state index contributed by atoms with van der Waals surface area (Å²) in [6, 6.07) is 0. The van der Waals surface area contributed by atoms with Crippen LogP contribution in [0.1, 0.15) is 10.5 Å². The standard InChI is InChI=1S/C7H3BrFN3O2/c8-4-5(7(13)14)11-12-2-3(9)1-10-6(4)12/h1-2H,(H,13,14). The van der Waals surface area contributed by atoms with Crippen LogP contribution < -0.4 is 0 Å². The van der Waals surface area contributed by atoms with Crippen LogP contribution in [0, 0.1) is 5.82 Å². The molecule has 2 aromatic heterocycles. The predicted octanol–water partition coefficient (Wildman–Crippen LogP) is 1.33. The zero-order chi connectivity index (χ0) is 10.3. The Labute approximate surface area is 85.3 Å². The Bertz CT molecular complexity index is 525. The summed E-state index contributed by atoms with van der Waals surface area (Å²) in [5.41, 5.74) is 0.0758. The molecule has 7 heteroatoms. The zero-order valence-electron chi connectivity index (χ0n) is 6.61. The van der Waals surface area contributed by atoms with Crippen molar-refractivity contribution >= 4 is 27.5 Å². The topological polar surface area (TPSA) is 67.5 Å². The van der Waals surface area contributed by atoms with Gasteiger partial charge in [-0.05, 0) is 15.9 Å². The summed E-state index contributed by atoms with van der Waals surface area (Å²) in [5.74, 6) is -1.77. The highest BCUT2D eigenvalue weighted by atomic mass is 79.9. The maximum Gasteiger partial charge on any atom is 0.357 e. The summed E-state index contributed by atoms with van der Waals surface area (Å²) in [6.07, 6.45) is 2.05. The maximum absolute atomic E-state index is 12.7. The van der Waals surface area contributed by atoms with Crippen molar-refractivity contribution in [3.63, 3.8) is 0 Å². The van der Waals surface area contributed by atoms with Crippen molar-refractivity contribution in [2.45, 2.75) is 0 Å². The van der Waals surface area contributed by atoms with Gasteiger partial charge >= 0.3 is 5.97 Å². The Kier molecular flexibility index (Phi) is 1.95. The van der Waals surface area contributed by atoms with E-state index >= 15 is 0 Å². The van der Waals surface area contributed by atoms with Crippen molar-refractivity contribution in [1.29, 1.82) is 0 Å². The van der Waals surface area contributed by atoms with Gasteiger partial charge in [-0.2, -0.15) is 5.10 Å². The molecule has 0 atom stereocenters. The molecule has 0 bridgehead atoms. The van der Waals surface area contributed by atoms with E-state index in [0.717, 1.165) is 16.9 Å². The Morgan fingerprint density at radius 2 is 2.36 bits per heavy atom. The largest absolute Gasteiger partial charge is 0.476 e. The monoisotopic (exact) mass is 259 g/mol. The molecule has 0 aliphatic carbocycles. The van der Waals surface area contributed by atoms with Crippen molar-refractivity contribution in [2.75, 3.05) is 0 Å². The van der Waals surface area contributed by atoms with E-state index in [1.165, 1.54) is 0 Å². The average molecular weight is 260 g/mol. The van der Waals surface area contributed by atoms with Crippen molar-refractivity contribution in [3.05, 3.63) is 28.4 Å². The molecule has 72 valence electrons. The molecule has 14 heavy (non-hydrogen) atoms. The molecule has 0 radical (unpaired) electrons. The molecule has 2 heterocycles. The minimum Gasteiger partial charge on any atom is -0.476 e. The molecule has 0 saturated heterocycles. The van der Waals surface area contributed by atoms with Crippen LogP contribution in [0.15, 0.2) is 16.9 Å². The second kappa shape index (κ2) is 3.02. The van der Waals surface area contributed by atoms with Crippen molar-refractivity contribution < 1.29 is 14.3 Å². The minimum absolute atomic E-state index is 0.192. The van der Waals surface area contributed by atoms with Crippen LogP contribution in [0.5, 0.6) is 0 Å². The first-order valence-electron chi connectivity index (χ1n) is 3.52. The van der Waals surface area contributed by atoms with Crippen LogP contribution in [-0.4, -0.2) is 25.7 Å². The summed E-state index contributed by atoms with van der Waals surface area (Å²) in [7, 11) is 0. The molecule has 0 spiro atoms. The van der Waals surface area contributed by atoms with Crippen LogP contribution in [0.4, 0.5) is 4.39 Å². The molecule has 0 amide bonds. The van der Waals surface area contributed by atoms with E-state index in [1.807, 2.05) is 0 Å². The van der Waals surface area contributed by atoms with Gasteiger partial charge in [-0.25, -0.2) is 18.7 Å². The van der Waals surface area contributed by atoms with Crippen molar-refractivity contribution in [3.8, 4) is 0 Å². The van der Waals surface area contributed by atoms with Gasteiger partial charge in [0.2, 0.25) is 0 Å². The van der Waals surface area contributed by atoms with Gasteiger partial charge in [0.05, 0.1) is 16.9 Å². The van der Waals surface area contributed by atoms with Gasteiger partial charge in [0.1, 0.15) is 0 Å². The van der Waals surface area contributed by atoms with E-state index in [1.54, 1.807) is 0 Å². The maximum atomic E-state index is 12.7.